The maximum absolute atomic E-state index is 10.3. The van der Waals surface area contributed by atoms with Gasteiger partial charge in [-0.2, -0.15) is 0 Å². The number of nitrogens with one attached hydrogen (secondary N) is 1. The summed E-state index contributed by atoms with van der Waals surface area (Å²) in [5.74, 6) is 0.399. The quantitative estimate of drug-likeness (QED) is 0.605. The van der Waals surface area contributed by atoms with E-state index in [-0.39, 0.29) is 0 Å². The van der Waals surface area contributed by atoms with E-state index in [9.17, 15) is 5.21 Å². The van der Waals surface area contributed by atoms with Crippen LogP contribution < -0.4 is 5.32 Å². The molecule has 0 unspecified atom stereocenters. The van der Waals surface area contributed by atoms with Crippen molar-refractivity contribution in [2.24, 2.45) is 0 Å². The normalized spacial score (nSPS) is 15.3. The Morgan fingerprint density at radius 3 is 2.38 bits per heavy atom. The van der Waals surface area contributed by atoms with E-state index in [4.69, 9.17) is 23.2 Å². The van der Waals surface area contributed by atoms with Crippen LogP contribution in [0.5, 0.6) is 0 Å². The third-order valence-electron chi connectivity index (χ3n) is 4.89. The first-order valence-electron chi connectivity index (χ1n) is 8.66. The van der Waals surface area contributed by atoms with E-state index in [0.717, 1.165) is 58.7 Å². The highest BCUT2D eigenvalue weighted by Gasteiger charge is 2.23. The first-order valence-corrected chi connectivity index (χ1v) is 9.42. The van der Waals surface area contributed by atoms with Crippen molar-refractivity contribution in [2.75, 3.05) is 13.1 Å². The molecule has 2 aromatic carbocycles. The van der Waals surface area contributed by atoms with Gasteiger partial charge in [-0.25, -0.2) is 0 Å². The van der Waals surface area contributed by atoms with Crippen LogP contribution in [0.1, 0.15) is 24.3 Å². The van der Waals surface area contributed by atoms with E-state index in [2.05, 4.69) is 10.4 Å². The Balaban J connectivity index is 1.76. The van der Waals surface area contributed by atoms with Gasteiger partial charge in [-0.15, -0.1) is 9.94 Å². The fraction of sp³-hybridized carbons (Fsp3) is 0.250. The first kappa shape index (κ1) is 17.4. The Morgan fingerprint density at radius 2 is 1.65 bits per heavy atom. The van der Waals surface area contributed by atoms with Gasteiger partial charge >= 0.3 is 0 Å². The van der Waals surface area contributed by atoms with E-state index in [1.54, 1.807) is 12.3 Å². The van der Waals surface area contributed by atoms with E-state index < -0.39 is 0 Å². The minimum atomic E-state index is 0.399. The molecule has 134 valence electrons. The number of aromatic nitrogens is 2. The lowest BCUT2D eigenvalue weighted by atomic mass is 9.88. The molecule has 3 aromatic rings. The molecule has 0 aliphatic carbocycles. The van der Waals surface area contributed by atoms with Gasteiger partial charge in [0.05, 0.1) is 6.20 Å². The highest BCUT2D eigenvalue weighted by molar-refractivity contribution is 6.35. The topological polar surface area (TPSA) is 50.1 Å². The average Bonchev–Trinajstić information content (AvgIpc) is 3.03. The van der Waals surface area contributed by atoms with Gasteiger partial charge < -0.3 is 10.5 Å². The van der Waals surface area contributed by atoms with Gasteiger partial charge in [0.25, 0.3) is 0 Å². The van der Waals surface area contributed by atoms with Gasteiger partial charge in [-0.3, -0.25) is 0 Å². The molecular formula is C20H19Cl2N3O. The minimum absolute atomic E-state index is 0.399. The SMILES string of the molecule is On1ncc(C2CCNCC2)c1-c1cccc(-c2cc(Cl)cc(Cl)c2)c1. The van der Waals surface area contributed by atoms with Crippen LogP contribution in [-0.4, -0.2) is 28.2 Å². The van der Waals surface area contributed by atoms with Gasteiger partial charge in [0.2, 0.25) is 0 Å². The zero-order valence-corrected chi connectivity index (χ0v) is 15.6. The maximum atomic E-state index is 10.3. The number of piperidine rings is 1. The molecule has 2 heterocycles. The average molecular weight is 388 g/mol. The Morgan fingerprint density at radius 1 is 0.962 bits per heavy atom. The Hall–Kier alpha value is -2.01. The molecular weight excluding hydrogens is 369 g/mol. The molecule has 0 spiro atoms. The fourth-order valence-corrected chi connectivity index (χ4v) is 4.16. The maximum Gasteiger partial charge on any atom is 0.113 e. The van der Waals surface area contributed by atoms with Crippen molar-refractivity contribution in [1.29, 1.82) is 0 Å². The van der Waals surface area contributed by atoms with Crippen LogP contribution in [-0.2, 0) is 0 Å². The number of hydrogen-bond donors (Lipinski definition) is 2. The molecule has 1 saturated heterocycles. The van der Waals surface area contributed by atoms with Crippen molar-refractivity contribution in [2.45, 2.75) is 18.8 Å². The van der Waals surface area contributed by atoms with Crippen LogP contribution in [0.3, 0.4) is 0 Å². The van der Waals surface area contributed by atoms with E-state index >= 15 is 0 Å². The Labute approximate surface area is 162 Å². The molecule has 1 aromatic heterocycles. The van der Waals surface area contributed by atoms with Crippen LogP contribution in [0.2, 0.25) is 10.0 Å². The lowest BCUT2D eigenvalue weighted by Crippen LogP contribution is -2.26. The molecule has 0 saturated carbocycles. The second-order valence-corrected chi connectivity index (χ2v) is 7.47. The van der Waals surface area contributed by atoms with Crippen molar-refractivity contribution in [3.63, 3.8) is 0 Å². The highest BCUT2D eigenvalue weighted by atomic mass is 35.5. The minimum Gasteiger partial charge on any atom is -0.411 e. The fourth-order valence-electron chi connectivity index (χ4n) is 3.63. The molecule has 0 radical (unpaired) electrons. The summed E-state index contributed by atoms with van der Waals surface area (Å²) in [5.41, 5.74) is 4.70. The summed E-state index contributed by atoms with van der Waals surface area (Å²) < 4.78 is 0. The highest BCUT2D eigenvalue weighted by Crippen LogP contribution is 2.36. The van der Waals surface area contributed by atoms with Crippen LogP contribution >= 0.6 is 23.2 Å². The third kappa shape index (κ3) is 3.45. The van der Waals surface area contributed by atoms with Gasteiger partial charge in [0.15, 0.2) is 0 Å². The summed E-state index contributed by atoms with van der Waals surface area (Å²) in [7, 11) is 0. The summed E-state index contributed by atoms with van der Waals surface area (Å²) in [6.45, 7) is 1.98. The summed E-state index contributed by atoms with van der Waals surface area (Å²) in [4.78, 5) is 0.988. The predicted molar refractivity (Wildman–Crippen MR) is 105 cm³/mol. The molecule has 26 heavy (non-hydrogen) atoms. The standard InChI is InChI=1S/C20H19Cl2N3O/c21-17-9-16(10-18(22)11-17)14-2-1-3-15(8-14)20-19(12-24-25(20)26)13-4-6-23-7-5-13/h1-3,8-13,23,26H,4-7H2. The third-order valence-corrected chi connectivity index (χ3v) is 5.33. The zero-order chi connectivity index (χ0) is 18.1. The van der Waals surface area contributed by atoms with Crippen molar-refractivity contribution in [3.05, 3.63) is 64.3 Å². The predicted octanol–water partition coefficient (Wildman–Crippen LogP) is 5.23. The van der Waals surface area contributed by atoms with Gasteiger partial charge in [-0.05, 0) is 67.2 Å². The Bertz CT molecular complexity index is 912. The molecule has 4 nitrogen and oxygen atoms in total. The number of rotatable bonds is 3. The van der Waals surface area contributed by atoms with E-state index in [1.165, 1.54) is 0 Å². The lowest BCUT2D eigenvalue weighted by Gasteiger charge is -2.22. The molecule has 0 amide bonds. The summed E-state index contributed by atoms with van der Waals surface area (Å²) in [6.07, 6.45) is 3.87. The van der Waals surface area contributed by atoms with Gasteiger partial charge in [0.1, 0.15) is 5.69 Å². The Kier molecular flexibility index (Phi) is 4.90. The number of hydrogen-bond acceptors (Lipinski definition) is 3. The second-order valence-electron chi connectivity index (χ2n) is 6.60. The summed E-state index contributed by atoms with van der Waals surface area (Å²) in [5, 5.41) is 19.0. The monoisotopic (exact) mass is 387 g/mol. The van der Waals surface area contributed by atoms with Gasteiger partial charge in [-0.1, -0.05) is 41.4 Å². The van der Waals surface area contributed by atoms with Crippen LogP contribution in [0.4, 0.5) is 0 Å². The van der Waals surface area contributed by atoms with Crippen molar-refractivity contribution in [3.8, 4) is 22.4 Å². The molecule has 1 aliphatic rings. The summed E-state index contributed by atoms with van der Waals surface area (Å²) in [6, 6.07) is 13.5. The largest absolute Gasteiger partial charge is 0.411 e. The first-order chi connectivity index (χ1) is 12.6. The van der Waals surface area contributed by atoms with Crippen molar-refractivity contribution < 1.29 is 5.21 Å². The number of nitrogens with zero attached hydrogens (tertiary/aromatic N) is 2. The molecule has 1 aliphatic heterocycles. The number of benzene rings is 2. The smallest absolute Gasteiger partial charge is 0.113 e. The zero-order valence-electron chi connectivity index (χ0n) is 14.1. The lowest BCUT2D eigenvalue weighted by molar-refractivity contribution is 0.153. The van der Waals surface area contributed by atoms with Crippen molar-refractivity contribution >= 4 is 23.2 Å². The van der Waals surface area contributed by atoms with Crippen LogP contribution in [0, 0.1) is 0 Å². The molecule has 0 bridgehead atoms. The van der Waals surface area contributed by atoms with Crippen molar-refractivity contribution in [1.82, 2.24) is 15.3 Å². The van der Waals surface area contributed by atoms with Gasteiger partial charge in [0, 0.05) is 21.2 Å². The molecule has 6 heteroatoms. The van der Waals surface area contributed by atoms with E-state index in [1.807, 2.05) is 36.4 Å². The molecule has 1 fully saturated rings. The van der Waals surface area contributed by atoms with Crippen LogP contribution in [0.25, 0.3) is 22.4 Å². The number of halogens is 2. The second kappa shape index (κ2) is 7.31. The van der Waals surface area contributed by atoms with E-state index in [0.29, 0.717) is 16.0 Å². The molecule has 0 atom stereocenters. The van der Waals surface area contributed by atoms with Crippen LogP contribution in [0.15, 0.2) is 48.7 Å². The summed E-state index contributed by atoms with van der Waals surface area (Å²) >= 11 is 12.3. The molecule has 2 N–H and O–H groups in total. The molecule has 4 rings (SSSR count).